The van der Waals surface area contributed by atoms with E-state index in [0.29, 0.717) is 18.0 Å². The molecule has 0 saturated carbocycles. The van der Waals surface area contributed by atoms with Gasteiger partial charge in [-0.15, -0.1) is 0 Å². The minimum absolute atomic E-state index is 0.135. The summed E-state index contributed by atoms with van der Waals surface area (Å²) in [4.78, 5) is 14.8. The number of carbonyl (C=O) groups excluding carboxylic acids is 1. The lowest BCUT2D eigenvalue weighted by molar-refractivity contribution is 0.0700. The highest BCUT2D eigenvalue weighted by molar-refractivity contribution is 5.97. The Labute approximate surface area is 141 Å². The zero-order chi connectivity index (χ0) is 16.9. The zero-order valence-electron chi connectivity index (χ0n) is 13.7. The lowest BCUT2D eigenvalue weighted by Crippen LogP contribution is -2.41. The van der Waals surface area contributed by atoms with Crippen molar-refractivity contribution in [3.05, 3.63) is 59.9 Å². The molecule has 2 aromatic rings. The van der Waals surface area contributed by atoms with Gasteiger partial charge in [0.1, 0.15) is 17.3 Å². The third kappa shape index (κ3) is 3.57. The molecule has 1 amide bonds. The van der Waals surface area contributed by atoms with Gasteiger partial charge in [0.15, 0.2) is 0 Å². The van der Waals surface area contributed by atoms with Crippen molar-refractivity contribution in [3.8, 4) is 11.5 Å². The number of benzene rings is 2. The smallest absolute Gasteiger partial charge is 0.258 e. The summed E-state index contributed by atoms with van der Waals surface area (Å²) in [5.74, 6) is 0.344. The highest BCUT2D eigenvalue weighted by atomic mass is 19.1. The van der Waals surface area contributed by atoms with E-state index < -0.39 is 5.82 Å². The summed E-state index contributed by atoms with van der Waals surface area (Å²) >= 11 is 0. The van der Waals surface area contributed by atoms with E-state index in [0.717, 1.165) is 19.5 Å². The van der Waals surface area contributed by atoms with E-state index in [2.05, 4.69) is 5.32 Å². The van der Waals surface area contributed by atoms with Gasteiger partial charge in [-0.25, -0.2) is 4.39 Å². The minimum Gasteiger partial charge on any atom is -0.457 e. The van der Waals surface area contributed by atoms with Crippen LogP contribution < -0.4 is 10.1 Å². The Hall–Kier alpha value is -2.40. The standard InChI is InChI=1S/C19H21FN2O2/c1-2-22(15-10-11-21-13-15)19(23)17-12-14(20)8-9-18(17)24-16-6-4-3-5-7-16/h3-9,12,15,21H,2,10-11,13H2,1H3/t15-/m0/s1. The molecular weight excluding hydrogens is 307 g/mol. The molecule has 1 N–H and O–H groups in total. The van der Waals surface area contributed by atoms with Gasteiger partial charge in [-0.3, -0.25) is 4.79 Å². The Balaban J connectivity index is 1.90. The molecule has 126 valence electrons. The molecule has 1 aliphatic rings. The molecule has 1 heterocycles. The summed E-state index contributed by atoms with van der Waals surface area (Å²) in [5.41, 5.74) is 0.257. The van der Waals surface area contributed by atoms with Gasteiger partial charge in [0.2, 0.25) is 0 Å². The van der Waals surface area contributed by atoms with Gasteiger partial charge in [0, 0.05) is 19.1 Å². The van der Waals surface area contributed by atoms with Crippen molar-refractivity contribution >= 4 is 5.91 Å². The average molecular weight is 328 g/mol. The van der Waals surface area contributed by atoms with Gasteiger partial charge < -0.3 is 15.0 Å². The quantitative estimate of drug-likeness (QED) is 0.914. The van der Waals surface area contributed by atoms with E-state index in [4.69, 9.17) is 4.74 Å². The highest BCUT2D eigenvalue weighted by Gasteiger charge is 2.28. The van der Waals surface area contributed by atoms with E-state index in [1.807, 2.05) is 25.1 Å². The molecule has 2 aromatic carbocycles. The number of para-hydroxylation sites is 1. The summed E-state index contributed by atoms with van der Waals surface area (Å²) in [6.45, 7) is 4.18. The van der Waals surface area contributed by atoms with E-state index in [1.54, 1.807) is 17.0 Å². The Kier molecular flexibility index (Phi) is 5.11. The summed E-state index contributed by atoms with van der Waals surface area (Å²) in [7, 11) is 0. The molecule has 0 spiro atoms. The molecular formula is C19H21FN2O2. The second-order valence-corrected chi connectivity index (χ2v) is 5.79. The van der Waals surface area contributed by atoms with Crippen LogP contribution in [0.25, 0.3) is 0 Å². The fourth-order valence-corrected chi connectivity index (χ4v) is 3.00. The molecule has 3 rings (SSSR count). The first kappa shape index (κ1) is 16.5. The molecule has 0 bridgehead atoms. The van der Waals surface area contributed by atoms with Crippen molar-refractivity contribution in [1.29, 1.82) is 0 Å². The van der Waals surface area contributed by atoms with Crippen molar-refractivity contribution in [2.45, 2.75) is 19.4 Å². The number of halogens is 1. The third-order valence-corrected chi connectivity index (χ3v) is 4.22. The van der Waals surface area contributed by atoms with Crippen LogP contribution in [0.1, 0.15) is 23.7 Å². The van der Waals surface area contributed by atoms with Crippen LogP contribution in [-0.4, -0.2) is 36.5 Å². The predicted molar refractivity (Wildman–Crippen MR) is 90.9 cm³/mol. The monoisotopic (exact) mass is 328 g/mol. The summed E-state index contributed by atoms with van der Waals surface area (Å²) in [5, 5.41) is 3.26. The number of rotatable bonds is 5. The van der Waals surface area contributed by atoms with Gasteiger partial charge in [-0.2, -0.15) is 0 Å². The average Bonchev–Trinajstić information content (AvgIpc) is 3.12. The molecule has 0 aromatic heterocycles. The second-order valence-electron chi connectivity index (χ2n) is 5.79. The Bertz CT molecular complexity index is 700. The van der Waals surface area contributed by atoms with Gasteiger partial charge in [0.25, 0.3) is 5.91 Å². The first-order valence-electron chi connectivity index (χ1n) is 8.23. The molecule has 5 heteroatoms. The maximum Gasteiger partial charge on any atom is 0.258 e. The van der Waals surface area contributed by atoms with E-state index in [9.17, 15) is 9.18 Å². The lowest BCUT2D eigenvalue weighted by Gasteiger charge is -2.28. The SMILES string of the molecule is CCN(C(=O)c1cc(F)ccc1Oc1ccccc1)[C@H]1CCNC1. The Morgan fingerprint density at radius 1 is 1.29 bits per heavy atom. The van der Waals surface area contributed by atoms with Crippen LogP contribution in [0.2, 0.25) is 0 Å². The highest BCUT2D eigenvalue weighted by Crippen LogP contribution is 2.28. The summed E-state index contributed by atoms with van der Waals surface area (Å²) in [6, 6.07) is 13.4. The molecule has 4 nitrogen and oxygen atoms in total. The second kappa shape index (κ2) is 7.45. The Morgan fingerprint density at radius 3 is 2.75 bits per heavy atom. The molecule has 1 fully saturated rings. The van der Waals surface area contributed by atoms with Crippen molar-refractivity contribution < 1.29 is 13.9 Å². The third-order valence-electron chi connectivity index (χ3n) is 4.22. The molecule has 0 unspecified atom stereocenters. The van der Waals surface area contributed by atoms with Crippen molar-refractivity contribution in [3.63, 3.8) is 0 Å². The minimum atomic E-state index is -0.445. The van der Waals surface area contributed by atoms with Crippen LogP contribution in [0.4, 0.5) is 4.39 Å². The molecule has 24 heavy (non-hydrogen) atoms. The van der Waals surface area contributed by atoms with Crippen molar-refractivity contribution in [1.82, 2.24) is 10.2 Å². The molecule has 0 aliphatic carbocycles. The van der Waals surface area contributed by atoms with Gasteiger partial charge in [0.05, 0.1) is 5.56 Å². The van der Waals surface area contributed by atoms with Crippen LogP contribution in [0.5, 0.6) is 11.5 Å². The van der Waals surface area contributed by atoms with E-state index in [1.165, 1.54) is 18.2 Å². The maximum absolute atomic E-state index is 13.8. The molecule has 0 radical (unpaired) electrons. The number of nitrogens with one attached hydrogen (secondary N) is 1. The number of amides is 1. The van der Waals surface area contributed by atoms with Crippen LogP contribution in [0.3, 0.4) is 0 Å². The topological polar surface area (TPSA) is 41.6 Å². The first-order chi connectivity index (χ1) is 11.7. The fourth-order valence-electron chi connectivity index (χ4n) is 3.00. The number of hydrogen-bond acceptors (Lipinski definition) is 3. The normalized spacial score (nSPS) is 16.8. The molecule has 1 saturated heterocycles. The summed E-state index contributed by atoms with van der Waals surface area (Å²) in [6.07, 6.45) is 0.907. The van der Waals surface area contributed by atoms with Crippen LogP contribution in [0.15, 0.2) is 48.5 Å². The maximum atomic E-state index is 13.8. The molecule has 1 atom stereocenters. The Morgan fingerprint density at radius 2 is 2.08 bits per heavy atom. The largest absolute Gasteiger partial charge is 0.457 e. The van der Waals surface area contributed by atoms with Crippen molar-refractivity contribution in [2.24, 2.45) is 0 Å². The van der Waals surface area contributed by atoms with Gasteiger partial charge >= 0.3 is 0 Å². The fraction of sp³-hybridized carbons (Fsp3) is 0.316. The van der Waals surface area contributed by atoms with Gasteiger partial charge in [-0.1, -0.05) is 18.2 Å². The summed E-state index contributed by atoms with van der Waals surface area (Å²) < 4.78 is 19.6. The zero-order valence-corrected chi connectivity index (χ0v) is 13.7. The van der Waals surface area contributed by atoms with Gasteiger partial charge in [-0.05, 0) is 50.2 Å². The van der Waals surface area contributed by atoms with E-state index >= 15 is 0 Å². The molecule has 1 aliphatic heterocycles. The number of hydrogen-bond donors (Lipinski definition) is 1. The number of likely N-dealkylation sites (N-methyl/N-ethyl adjacent to an activating group) is 1. The number of carbonyl (C=O) groups is 1. The lowest BCUT2D eigenvalue weighted by atomic mass is 10.1. The van der Waals surface area contributed by atoms with Crippen LogP contribution in [-0.2, 0) is 0 Å². The van der Waals surface area contributed by atoms with Crippen LogP contribution in [0, 0.1) is 5.82 Å². The van der Waals surface area contributed by atoms with E-state index in [-0.39, 0.29) is 17.5 Å². The number of ether oxygens (including phenoxy) is 1. The number of nitrogens with zero attached hydrogens (tertiary/aromatic N) is 1. The van der Waals surface area contributed by atoms with Crippen LogP contribution >= 0.6 is 0 Å². The predicted octanol–water partition coefficient (Wildman–Crippen LogP) is 3.44. The first-order valence-corrected chi connectivity index (χ1v) is 8.23. The van der Waals surface area contributed by atoms with Crippen molar-refractivity contribution in [2.75, 3.05) is 19.6 Å².